The highest BCUT2D eigenvalue weighted by Gasteiger charge is 2.01. The van der Waals surface area contributed by atoms with Gasteiger partial charge in [-0.1, -0.05) is 26.0 Å². The van der Waals surface area contributed by atoms with E-state index in [9.17, 15) is 0 Å². The van der Waals surface area contributed by atoms with Crippen molar-refractivity contribution < 1.29 is 4.74 Å². The second-order valence-corrected chi connectivity index (χ2v) is 5.43. The van der Waals surface area contributed by atoms with Crippen LogP contribution in [0.1, 0.15) is 36.0 Å². The number of benzene rings is 1. The van der Waals surface area contributed by atoms with Crippen molar-refractivity contribution in [3.05, 3.63) is 45.9 Å². The van der Waals surface area contributed by atoms with Crippen molar-refractivity contribution in [1.29, 1.82) is 0 Å². The van der Waals surface area contributed by atoms with Gasteiger partial charge in [-0.15, -0.1) is 11.3 Å². The van der Waals surface area contributed by atoms with E-state index in [4.69, 9.17) is 4.74 Å². The molecule has 2 rings (SSSR count). The van der Waals surface area contributed by atoms with E-state index in [0.29, 0.717) is 12.5 Å². The van der Waals surface area contributed by atoms with E-state index < -0.39 is 0 Å². The van der Waals surface area contributed by atoms with Crippen molar-refractivity contribution in [2.24, 2.45) is 0 Å². The van der Waals surface area contributed by atoms with Crippen molar-refractivity contribution in [3.63, 3.8) is 0 Å². The molecule has 0 aliphatic rings. The number of rotatable bonds is 4. The molecule has 0 atom stereocenters. The maximum Gasteiger partial charge on any atom is 0.131 e. The Bertz CT molecular complexity index is 473. The molecule has 0 radical (unpaired) electrons. The second kappa shape index (κ2) is 5.32. The Kier molecular flexibility index (Phi) is 3.79. The first-order valence-corrected chi connectivity index (χ1v) is 6.67. The summed E-state index contributed by atoms with van der Waals surface area (Å²) in [6.07, 6.45) is 0. The first kappa shape index (κ1) is 12.1. The summed E-state index contributed by atoms with van der Waals surface area (Å²) >= 11 is 1.65. The van der Waals surface area contributed by atoms with E-state index in [0.717, 1.165) is 16.5 Å². The molecule has 90 valence electrons. The van der Waals surface area contributed by atoms with Crippen molar-refractivity contribution in [2.45, 2.75) is 33.3 Å². The summed E-state index contributed by atoms with van der Waals surface area (Å²) in [6.45, 7) is 6.93. The maximum absolute atomic E-state index is 5.68. The molecule has 0 unspecified atom stereocenters. The monoisotopic (exact) mass is 247 g/mol. The summed E-state index contributed by atoms with van der Waals surface area (Å²) in [4.78, 5) is 4.37. The summed E-state index contributed by atoms with van der Waals surface area (Å²) in [6, 6.07) is 8.28. The van der Waals surface area contributed by atoms with Crippen molar-refractivity contribution in [2.75, 3.05) is 0 Å². The van der Waals surface area contributed by atoms with Gasteiger partial charge in [0.15, 0.2) is 0 Å². The molecule has 1 aromatic heterocycles. The molecule has 0 N–H and O–H groups in total. The minimum atomic E-state index is 0.547. The lowest BCUT2D eigenvalue weighted by molar-refractivity contribution is 0.302. The Morgan fingerprint density at radius 2 is 1.94 bits per heavy atom. The predicted octanol–water partition coefficient (Wildman–Crippen LogP) is 4.15. The molecule has 1 aromatic carbocycles. The quantitative estimate of drug-likeness (QED) is 0.809. The Balaban J connectivity index is 1.95. The number of aryl methyl sites for hydroxylation is 1. The SMILES string of the molecule is Cc1nc(COc2ccc(C(C)C)cc2)cs1. The Labute approximate surface area is 106 Å². The van der Waals surface area contributed by atoms with E-state index in [1.54, 1.807) is 11.3 Å². The van der Waals surface area contributed by atoms with Crippen LogP contribution in [0.4, 0.5) is 0 Å². The topological polar surface area (TPSA) is 22.1 Å². The lowest BCUT2D eigenvalue weighted by Gasteiger charge is -2.07. The fraction of sp³-hybridized carbons (Fsp3) is 0.357. The largest absolute Gasteiger partial charge is 0.487 e. The van der Waals surface area contributed by atoms with Gasteiger partial charge in [0.1, 0.15) is 12.4 Å². The van der Waals surface area contributed by atoms with Crippen LogP contribution in [-0.2, 0) is 6.61 Å². The van der Waals surface area contributed by atoms with Crippen LogP contribution in [0, 0.1) is 6.92 Å². The lowest BCUT2D eigenvalue weighted by Crippen LogP contribution is -1.96. The molecule has 2 aromatic rings. The Hall–Kier alpha value is -1.35. The van der Waals surface area contributed by atoms with Crippen LogP contribution in [0.25, 0.3) is 0 Å². The van der Waals surface area contributed by atoms with Gasteiger partial charge >= 0.3 is 0 Å². The second-order valence-electron chi connectivity index (χ2n) is 4.37. The molecule has 0 aliphatic heterocycles. The van der Waals surface area contributed by atoms with Gasteiger partial charge in [0, 0.05) is 5.38 Å². The summed E-state index contributed by atoms with van der Waals surface area (Å²) in [5.41, 5.74) is 2.34. The van der Waals surface area contributed by atoms with Gasteiger partial charge in [-0.05, 0) is 30.5 Å². The summed E-state index contributed by atoms with van der Waals surface area (Å²) in [7, 11) is 0. The summed E-state index contributed by atoms with van der Waals surface area (Å²) in [5.74, 6) is 1.46. The van der Waals surface area contributed by atoms with Crippen LogP contribution >= 0.6 is 11.3 Å². The van der Waals surface area contributed by atoms with E-state index >= 15 is 0 Å². The fourth-order valence-electron chi connectivity index (χ4n) is 1.58. The normalized spacial score (nSPS) is 10.8. The van der Waals surface area contributed by atoms with Gasteiger partial charge in [-0.2, -0.15) is 0 Å². The van der Waals surface area contributed by atoms with Crippen molar-refractivity contribution in [3.8, 4) is 5.75 Å². The summed E-state index contributed by atoms with van der Waals surface area (Å²) < 4.78 is 5.68. The zero-order valence-electron chi connectivity index (χ0n) is 10.4. The van der Waals surface area contributed by atoms with E-state index in [1.165, 1.54) is 5.56 Å². The first-order chi connectivity index (χ1) is 8.15. The van der Waals surface area contributed by atoms with E-state index in [-0.39, 0.29) is 0 Å². The number of ether oxygens (including phenoxy) is 1. The third-order valence-electron chi connectivity index (χ3n) is 2.60. The van der Waals surface area contributed by atoms with Crippen molar-refractivity contribution >= 4 is 11.3 Å². The molecule has 17 heavy (non-hydrogen) atoms. The maximum atomic E-state index is 5.68. The molecule has 3 heteroatoms. The Morgan fingerprint density at radius 1 is 1.24 bits per heavy atom. The fourth-order valence-corrected chi connectivity index (χ4v) is 2.18. The lowest BCUT2D eigenvalue weighted by atomic mass is 10.0. The van der Waals surface area contributed by atoms with E-state index in [1.807, 2.05) is 24.4 Å². The molecule has 2 nitrogen and oxygen atoms in total. The van der Waals surface area contributed by atoms with Gasteiger partial charge in [-0.3, -0.25) is 0 Å². The summed E-state index contributed by atoms with van der Waals surface area (Å²) in [5, 5.41) is 3.12. The van der Waals surface area contributed by atoms with Gasteiger partial charge in [0.05, 0.1) is 10.7 Å². The standard InChI is InChI=1S/C14H17NOS/c1-10(2)12-4-6-14(7-5-12)16-8-13-9-17-11(3)15-13/h4-7,9-10H,8H2,1-3H3. The number of aromatic nitrogens is 1. The van der Waals surface area contributed by atoms with Crippen LogP contribution in [-0.4, -0.2) is 4.98 Å². The van der Waals surface area contributed by atoms with Crippen LogP contribution < -0.4 is 4.74 Å². The third-order valence-corrected chi connectivity index (χ3v) is 3.42. The smallest absolute Gasteiger partial charge is 0.131 e. The molecule has 0 amide bonds. The highest BCUT2D eigenvalue weighted by atomic mass is 32.1. The predicted molar refractivity (Wildman–Crippen MR) is 71.7 cm³/mol. The minimum Gasteiger partial charge on any atom is -0.487 e. The molecule has 0 aliphatic carbocycles. The molecule has 0 spiro atoms. The molecular weight excluding hydrogens is 230 g/mol. The third kappa shape index (κ3) is 3.30. The van der Waals surface area contributed by atoms with E-state index in [2.05, 4.69) is 31.0 Å². The number of hydrogen-bond acceptors (Lipinski definition) is 3. The van der Waals surface area contributed by atoms with Crippen LogP contribution in [0.2, 0.25) is 0 Å². The zero-order chi connectivity index (χ0) is 12.3. The molecule has 0 saturated heterocycles. The highest BCUT2D eigenvalue weighted by Crippen LogP contribution is 2.19. The van der Waals surface area contributed by atoms with Crippen molar-refractivity contribution in [1.82, 2.24) is 4.98 Å². The van der Waals surface area contributed by atoms with Crippen LogP contribution in [0.3, 0.4) is 0 Å². The van der Waals surface area contributed by atoms with Gasteiger partial charge in [-0.25, -0.2) is 4.98 Å². The Morgan fingerprint density at radius 3 is 2.47 bits per heavy atom. The molecule has 0 saturated carbocycles. The van der Waals surface area contributed by atoms with Gasteiger partial charge in [0.2, 0.25) is 0 Å². The van der Waals surface area contributed by atoms with Crippen LogP contribution in [0.15, 0.2) is 29.6 Å². The van der Waals surface area contributed by atoms with Gasteiger partial charge in [0.25, 0.3) is 0 Å². The first-order valence-electron chi connectivity index (χ1n) is 5.79. The molecule has 0 bridgehead atoms. The molecular formula is C14H17NOS. The highest BCUT2D eigenvalue weighted by molar-refractivity contribution is 7.09. The molecule has 1 heterocycles. The van der Waals surface area contributed by atoms with Crippen LogP contribution in [0.5, 0.6) is 5.75 Å². The number of thiazole rings is 1. The number of nitrogens with zero attached hydrogens (tertiary/aromatic N) is 1. The van der Waals surface area contributed by atoms with Gasteiger partial charge < -0.3 is 4.74 Å². The average molecular weight is 247 g/mol. The average Bonchev–Trinajstić information content (AvgIpc) is 2.73. The minimum absolute atomic E-state index is 0.547. The molecule has 0 fully saturated rings. The zero-order valence-corrected chi connectivity index (χ0v) is 11.3. The number of hydrogen-bond donors (Lipinski definition) is 0.